The van der Waals surface area contributed by atoms with Gasteiger partial charge in [0.1, 0.15) is 12.0 Å². The van der Waals surface area contributed by atoms with Crippen LogP contribution in [0, 0.1) is 6.92 Å². The van der Waals surface area contributed by atoms with Crippen molar-refractivity contribution < 1.29 is 9.59 Å². The minimum Gasteiger partial charge on any atom is -0.366 e. The second-order valence-corrected chi connectivity index (χ2v) is 9.87. The van der Waals surface area contributed by atoms with E-state index in [9.17, 15) is 14.4 Å². The molecule has 0 radical (unpaired) electrons. The Morgan fingerprint density at radius 2 is 1.74 bits per heavy atom. The Kier molecular flexibility index (Phi) is 5.61. The number of primary amides is 1. The SMILES string of the molecule is Cc1c(-c2ccc(C(N)=O)c3c2-c2cc(C(=O)N(C)C)ncc2C3)cccc1-n1cnc2ccccc2c1=O. The first-order valence-corrected chi connectivity index (χ1v) is 12.5. The third-order valence-corrected chi connectivity index (χ3v) is 7.35. The highest BCUT2D eigenvalue weighted by molar-refractivity contribution is 6.03. The zero-order chi connectivity index (χ0) is 27.4. The molecule has 0 saturated heterocycles. The van der Waals surface area contributed by atoms with E-state index in [1.54, 1.807) is 49.4 Å². The van der Waals surface area contributed by atoms with Gasteiger partial charge in [-0.05, 0) is 76.2 Å². The maximum Gasteiger partial charge on any atom is 0.271 e. The number of carbonyl (C=O) groups excluding carboxylic acids is 2. The van der Waals surface area contributed by atoms with E-state index in [1.165, 1.54) is 4.90 Å². The van der Waals surface area contributed by atoms with Gasteiger partial charge in [-0.25, -0.2) is 4.98 Å². The second kappa shape index (κ2) is 9.02. The molecular formula is C31H25N5O3. The summed E-state index contributed by atoms with van der Waals surface area (Å²) in [5.74, 6) is -0.720. The Balaban J connectivity index is 1.59. The van der Waals surface area contributed by atoms with E-state index in [2.05, 4.69) is 9.97 Å². The maximum atomic E-state index is 13.4. The fourth-order valence-corrected chi connectivity index (χ4v) is 5.41. The molecule has 0 unspecified atom stereocenters. The number of carbonyl (C=O) groups is 2. The van der Waals surface area contributed by atoms with Crippen molar-refractivity contribution in [2.45, 2.75) is 13.3 Å². The lowest BCUT2D eigenvalue weighted by Gasteiger charge is -2.18. The van der Waals surface area contributed by atoms with Crippen molar-refractivity contribution in [1.29, 1.82) is 0 Å². The van der Waals surface area contributed by atoms with Crippen molar-refractivity contribution in [1.82, 2.24) is 19.4 Å². The molecule has 2 heterocycles. The van der Waals surface area contributed by atoms with Gasteiger partial charge >= 0.3 is 0 Å². The summed E-state index contributed by atoms with van der Waals surface area (Å²) in [6, 6.07) is 18.5. The van der Waals surface area contributed by atoms with Crippen LogP contribution < -0.4 is 11.3 Å². The van der Waals surface area contributed by atoms with E-state index < -0.39 is 5.91 Å². The van der Waals surface area contributed by atoms with Crippen molar-refractivity contribution in [3.8, 4) is 27.9 Å². The van der Waals surface area contributed by atoms with Crippen LogP contribution in [-0.4, -0.2) is 45.3 Å². The highest BCUT2D eigenvalue weighted by atomic mass is 16.2. The summed E-state index contributed by atoms with van der Waals surface area (Å²) in [4.78, 5) is 48.8. The summed E-state index contributed by atoms with van der Waals surface area (Å²) >= 11 is 0. The van der Waals surface area contributed by atoms with Crippen molar-refractivity contribution in [2.24, 2.45) is 5.73 Å². The minimum absolute atomic E-state index is 0.154. The smallest absolute Gasteiger partial charge is 0.271 e. The molecule has 2 amide bonds. The number of hydrogen-bond acceptors (Lipinski definition) is 5. The van der Waals surface area contributed by atoms with Crippen LogP contribution in [0.15, 0.2) is 78.0 Å². The number of rotatable bonds is 4. The van der Waals surface area contributed by atoms with E-state index in [4.69, 9.17) is 5.73 Å². The molecule has 1 aliphatic rings. The van der Waals surface area contributed by atoms with E-state index in [1.807, 2.05) is 49.4 Å². The largest absolute Gasteiger partial charge is 0.366 e. The van der Waals surface area contributed by atoms with Crippen molar-refractivity contribution >= 4 is 22.7 Å². The average molecular weight is 516 g/mol. The van der Waals surface area contributed by atoms with Crippen molar-refractivity contribution in [2.75, 3.05) is 14.1 Å². The number of amides is 2. The fourth-order valence-electron chi connectivity index (χ4n) is 5.41. The third-order valence-electron chi connectivity index (χ3n) is 7.35. The van der Waals surface area contributed by atoms with Gasteiger partial charge in [-0.1, -0.05) is 30.3 Å². The van der Waals surface area contributed by atoms with Gasteiger partial charge in [0.15, 0.2) is 0 Å². The van der Waals surface area contributed by atoms with Gasteiger partial charge in [-0.2, -0.15) is 0 Å². The molecule has 6 rings (SSSR count). The zero-order valence-electron chi connectivity index (χ0n) is 21.7. The summed E-state index contributed by atoms with van der Waals surface area (Å²) < 4.78 is 1.56. The highest BCUT2D eigenvalue weighted by Crippen LogP contribution is 2.45. The number of hydrogen-bond donors (Lipinski definition) is 1. The van der Waals surface area contributed by atoms with Gasteiger partial charge in [-0.15, -0.1) is 0 Å². The Bertz CT molecular complexity index is 1910. The van der Waals surface area contributed by atoms with Crippen molar-refractivity contribution in [3.63, 3.8) is 0 Å². The lowest BCUT2D eigenvalue weighted by molar-refractivity contribution is 0.0821. The molecule has 8 nitrogen and oxygen atoms in total. The molecule has 39 heavy (non-hydrogen) atoms. The minimum atomic E-state index is -0.512. The molecule has 0 spiro atoms. The Morgan fingerprint density at radius 1 is 0.949 bits per heavy atom. The van der Waals surface area contributed by atoms with Crippen LogP contribution in [0.3, 0.4) is 0 Å². The molecule has 0 fully saturated rings. The van der Waals surface area contributed by atoms with Gasteiger partial charge < -0.3 is 10.6 Å². The molecule has 1 aliphatic carbocycles. The molecule has 2 N–H and O–H groups in total. The Labute approximate surface area is 224 Å². The van der Waals surface area contributed by atoms with Crippen molar-refractivity contribution in [3.05, 3.63) is 111 Å². The first-order chi connectivity index (χ1) is 18.8. The lowest BCUT2D eigenvalue weighted by atomic mass is 9.89. The van der Waals surface area contributed by atoms with Gasteiger partial charge in [0.2, 0.25) is 5.91 Å². The Hall–Kier alpha value is -5.11. The van der Waals surface area contributed by atoms with Gasteiger partial charge in [0.05, 0.1) is 16.6 Å². The first kappa shape index (κ1) is 24.2. The predicted molar refractivity (Wildman–Crippen MR) is 150 cm³/mol. The number of aromatic nitrogens is 3. The molecule has 0 atom stereocenters. The monoisotopic (exact) mass is 515 g/mol. The average Bonchev–Trinajstić information content (AvgIpc) is 3.32. The maximum absolute atomic E-state index is 13.4. The molecule has 3 aromatic carbocycles. The normalized spacial score (nSPS) is 11.8. The predicted octanol–water partition coefficient (Wildman–Crippen LogP) is 4.13. The molecule has 0 bridgehead atoms. The number of nitrogens with zero attached hydrogens (tertiary/aromatic N) is 4. The molecular weight excluding hydrogens is 490 g/mol. The summed E-state index contributed by atoms with van der Waals surface area (Å²) in [7, 11) is 3.36. The third kappa shape index (κ3) is 3.80. The number of para-hydroxylation sites is 1. The highest BCUT2D eigenvalue weighted by Gasteiger charge is 2.29. The van der Waals surface area contributed by atoms with Gasteiger partial charge in [0.25, 0.3) is 11.5 Å². The first-order valence-electron chi connectivity index (χ1n) is 12.5. The van der Waals surface area contributed by atoms with Gasteiger partial charge in [0, 0.05) is 32.3 Å². The van der Waals surface area contributed by atoms with Crippen LogP contribution in [0.1, 0.15) is 37.5 Å². The molecule has 0 aliphatic heterocycles. The number of nitrogens with two attached hydrogens (primary N) is 1. The molecule has 192 valence electrons. The molecule has 2 aromatic heterocycles. The van der Waals surface area contributed by atoms with Crippen LogP contribution in [0.4, 0.5) is 0 Å². The Morgan fingerprint density at radius 3 is 2.51 bits per heavy atom. The van der Waals surface area contributed by atoms with Crippen LogP contribution >= 0.6 is 0 Å². The molecule has 5 aromatic rings. The summed E-state index contributed by atoms with van der Waals surface area (Å²) in [5, 5.41) is 0.538. The number of pyridine rings is 1. The van der Waals surface area contributed by atoms with Crippen LogP contribution in [0.25, 0.3) is 38.8 Å². The van der Waals surface area contributed by atoms with E-state index in [0.29, 0.717) is 34.3 Å². The second-order valence-electron chi connectivity index (χ2n) is 9.87. The van der Waals surface area contributed by atoms with E-state index in [-0.39, 0.29) is 11.5 Å². The molecule has 8 heteroatoms. The number of fused-ring (bicyclic) bond motifs is 4. The van der Waals surface area contributed by atoms with Crippen LogP contribution in [0.5, 0.6) is 0 Å². The zero-order valence-corrected chi connectivity index (χ0v) is 21.7. The van der Waals surface area contributed by atoms with Crippen LogP contribution in [0.2, 0.25) is 0 Å². The fraction of sp³-hybridized carbons (Fsp3) is 0.129. The topological polar surface area (TPSA) is 111 Å². The quantitative estimate of drug-likeness (QED) is 0.380. The summed E-state index contributed by atoms with van der Waals surface area (Å²) in [6.45, 7) is 1.96. The molecule has 0 saturated carbocycles. The summed E-state index contributed by atoms with van der Waals surface area (Å²) in [5.41, 5.74) is 13.8. The standard InChI is InChI=1S/C31H25N5O3/c1-17-19(8-6-10-27(17)36-16-34-25-9-5-4-7-22(25)30(36)38)20-11-12-21(29(32)37)24-13-18-15-33-26(31(39)35(2)3)14-23(18)28(20)24/h4-12,14-16H,13H2,1-3H3,(H2,32,37). The van der Waals surface area contributed by atoms with E-state index in [0.717, 1.165) is 38.9 Å². The van der Waals surface area contributed by atoms with Crippen LogP contribution in [-0.2, 0) is 6.42 Å². The number of benzene rings is 3. The van der Waals surface area contributed by atoms with Gasteiger partial charge in [-0.3, -0.25) is 23.9 Å². The summed E-state index contributed by atoms with van der Waals surface area (Å²) in [6.07, 6.45) is 3.73. The lowest BCUT2D eigenvalue weighted by Crippen LogP contribution is -2.22. The van der Waals surface area contributed by atoms with E-state index >= 15 is 0 Å².